The molecule has 2 aromatic rings. The minimum absolute atomic E-state index is 0.0443. The Bertz CT molecular complexity index is 540. The van der Waals surface area contributed by atoms with Crippen LogP contribution in [0.3, 0.4) is 0 Å². The fraction of sp³-hybridized carbons (Fsp3) is 0.533. The molecule has 0 radical (unpaired) electrons. The van der Waals surface area contributed by atoms with Gasteiger partial charge in [0.1, 0.15) is 0 Å². The van der Waals surface area contributed by atoms with Crippen LogP contribution in [0.2, 0.25) is 0 Å². The van der Waals surface area contributed by atoms with E-state index >= 15 is 0 Å². The molecule has 1 unspecified atom stereocenters. The van der Waals surface area contributed by atoms with Crippen LogP contribution < -0.4 is 5.73 Å². The van der Waals surface area contributed by atoms with Crippen molar-refractivity contribution < 1.29 is 0 Å². The van der Waals surface area contributed by atoms with E-state index in [0.717, 1.165) is 24.8 Å². The zero-order chi connectivity index (χ0) is 12.8. The summed E-state index contributed by atoms with van der Waals surface area (Å²) in [7, 11) is 0. The van der Waals surface area contributed by atoms with Crippen molar-refractivity contribution in [2.75, 3.05) is 0 Å². The van der Waals surface area contributed by atoms with Crippen molar-refractivity contribution in [3.63, 3.8) is 0 Å². The van der Waals surface area contributed by atoms with Crippen molar-refractivity contribution in [3.05, 3.63) is 29.3 Å². The topological polar surface area (TPSA) is 38.9 Å². The van der Waals surface area contributed by atoms with Gasteiger partial charge < -0.3 is 5.73 Å². The quantitative estimate of drug-likeness (QED) is 0.893. The Morgan fingerprint density at radius 3 is 2.72 bits per heavy atom. The Morgan fingerprint density at radius 1 is 1.28 bits per heavy atom. The maximum atomic E-state index is 6.56. The van der Waals surface area contributed by atoms with Gasteiger partial charge in [0, 0.05) is 12.0 Å². The molecular formula is C15H20N2S. The van der Waals surface area contributed by atoms with Crippen LogP contribution in [-0.2, 0) is 6.42 Å². The molecule has 1 aliphatic carbocycles. The van der Waals surface area contributed by atoms with Gasteiger partial charge in [-0.2, -0.15) is 0 Å². The highest BCUT2D eigenvalue weighted by molar-refractivity contribution is 7.18. The van der Waals surface area contributed by atoms with Crippen molar-refractivity contribution in [2.24, 2.45) is 11.1 Å². The first-order valence-electron chi connectivity index (χ1n) is 6.59. The van der Waals surface area contributed by atoms with Crippen molar-refractivity contribution in [3.8, 4) is 0 Å². The van der Waals surface area contributed by atoms with Gasteiger partial charge in [0.25, 0.3) is 0 Å². The molecule has 1 heterocycles. The van der Waals surface area contributed by atoms with E-state index in [1.807, 2.05) is 6.07 Å². The minimum Gasteiger partial charge on any atom is -0.325 e. The van der Waals surface area contributed by atoms with Crippen LogP contribution in [0.25, 0.3) is 10.2 Å². The molecule has 1 atom stereocenters. The highest BCUT2D eigenvalue weighted by Crippen LogP contribution is 2.44. The molecule has 0 aliphatic heterocycles. The molecule has 2 nitrogen and oxygen atoms in total. The Kier molecular flexibility index (Phi) is 2.72. The smallest absolute Gasteiger partial charge is 0.0956 e. The van der Waals surface area contributed by atoms with E-state index < -0.39 is 0 Å². The number of aromatic nitrogens is 1. The Hall–Kier alpha value is -0.930. The predicted molar refractivity (Wildman–Crippen MR) is 77.9 cm³/mol. The van der Waals surface area contributed by atoms with Crippen LogP contribution >= 0.6 is 11.3 Å². The van der Waals surface area contributed by atoms with Crippen molar-refractivity contribution in [1.29, 1.82) is 0 Å². The van der Waals surface area contributed by atoms with Crippen LogP contribution in [0.15, 0.2) is 24.3 Å². The van der Waals surface area contributed by atoms with Crippen LogP contribution in [0, 0.1) is 5.41 Å². The van der Waals surface area contributed by atoms with Gasteiger partial charge in [-0.1, -0.05) is 26.0 Å². The van der Waals surface area contributed by atoms with Gasteiger partial charge in [-0.25, -0.2) is 4.98 Å². The Balaban J connectivity index is 1.84. The zero-order valence-corrected chi connectivity index (χ0v) is 11.9. The number of para-hydroxylation sites is 1. The first-order valence-corrected chi connectivity index (χ1v) is 7.41. The second-order valence-corrected chi connectivity index (χ2v) is 7.57. The molecule has 3 rings (SSSR count). The molecule has 0 bridgehead atoms. The largest absolute Gasteiger partial charge is 0.325 e. The summed E-state index contributed by atoms with van der Waals surface area (Å²) in [6, 6.07) is 8.33. The Labute approximate surface area is 112 Å². The van der Waals surface area contributed by atoms with Gasteiger partial charge in [-0.3, -0.25) is 0 Å². The number of rotatable bonds is 2. The van der Waals surface area contributed by atoms with Crippen LogP contribution in [-0.4, -0.2) is 10.5 Å². The van der Waals surface area contributed by atoms with E-state index in [1.54, 1.807) is 11.3 Å². The number of hydrogen-bond donors (Lipinski definition) is 1. The van der Waals surface area contributed by atoms with Crippen LogP contribution in [0.5, 0.6) is 0 Å². The second kappa shape index (κ2) is 4.04. The number of fused-ring (bicyclic) bond motifs is 1. The molecule has 1 saturated carbocycles. The summed E-state index contributed by atoms with van der Waals surface area (Å²) in [6.07, 6.45) is 4.38. The van der Waals surface area contributed by atoms with E-state index in [1.165, 1.54) is 16.1 Å². The minimum atomic E-state index is -0.0443. The number of hydrogen-bond acceptors (Lipinski definition) is 3. The molecule has 2 N–H and O–H groups in total. The number of nitrogens with zero attached hydrogens (tertiary/aromatic N) is 1. The van der Waals surface area contributed by atoms with Gasteiger partial charge in [0.15, 0.2) is 0 Å². The third kappa shape index (κ3) is 2.29. The number of benzene rings is 1. The summed E-state index contributed by atoms with van der Waals surface area (Å²) in [5.41, 5.74) is 8.01. The average molecular weight is 260 g/mol. The van der Waals surface area contributed by atoms with Gasteiger partial charge in [0.05, 0.1) is 15.2 Å². The molecule has 1 aromatic heterocycles. The lowest BCUT2D eigenvalue weighted by Crippen LogP contribution is -2.39. The number of nitrogens with two attached hydrogens (primary N) is 1. The molecule has 18 heavy (non-hydrogen) atoms. The third-order valence-electron chi connectivity index (χ3n) is 3.97. The molecule has 0 saturated heterocycles. The van der Waals surface area contributed by atoms with Gasteiger partial charge in [-0.05, 0) is 36.8 Å². The van der Waals surface area contributed by atoms with Gasteiger partial charge in [0.2, 0.25) is 0 Å². The Morgan fingerprint density at radius 2 is 2.06 bits per heavy atom. The van der Waals surface area contributed by atoms with Crippen molar-refractivity contribution in [2.45, 2.75) is 45.1 Å². The van der Waals surface area contributed by atoms with E-state index in [0.29, 0.717) is 5.41 Å². The zero-order valence-electron chi connectivity index (χ0n) is 11.1. The summed E-state index contributed by atoms with van der Waals surface area (Å²) in [4.78, 5) is 4.71. The normalized spacial score (nSPS) is 26.8. The predicted octanol–water partition coefficient (Wildman–Crippen LogP) is 3.75. The molecule has 1 aromatic carbocycles. The standard InChI is InChI=1S/C15H20N2S/c1-14(2)7-8-15(16,10-14)9-13-17-11-5-3-4-6-12(11)18-13/h3-6H,7-10,16H2,1-2H3. The molecule has 1 fully saturated rings. The maximum absolute atomic E-state index is 6.56. The molecule has 96 valence electrons. The van der Waals surface area contributed by atoms with Crippen LogP contribution in [0.4, 0.5) is 0 Å². The monoisotopic (exact) mass is 260 g/mol. The van der Waals surface area contributed by atoms with Crippen molar-refractivity contribution >= 4 is 21.6 Å². The lowest BCUT2D eigenvalue weighted by molar-refractivity contribution is 0.334. The van der Waals surface area contributed by atoms with Crippen molar-refractivity contribution in [1.82, 2.24) is 4.98 Å². The first kappa shape index (κ1) is 12.1. The lowest BCUT2D eigenvalue weighted by Gasteiger charge is -2.25. The summed E-state index contributed by atoms with van der Waals surface area (Å²) in [5.74, 6) is 0. The summed E-state index contributed by atoms with van der Waals surface area (Å²) in [5, 5.41) is 1.19. The summed E-state index contributed by atoms with van der Waals surface area (Å²) in [6.45, 7) is 4.64. The number of thiazole rings is 1. The first-order chi connectivity index (χ1) is 8.46. The summed E-state index contributed by atoms with van der Waals surface area (Å²) >= 11 is 1.79. The van der Waals surface area contributed by atoms with Gasteiger partial charge in [-0.15, -0.1) is 11.3 Å². The fourth-order valence-corrected chi connectivity index (χ4v) is 4.29. The van der Waals surface area contributed by atoms with E-state index in [4.69, 9.17) is 10.7 Å². The SMILES string of the molecule is CC1(C)CCC(N)(Cc2nc3ccccc3s2)C1. The molecule has 0 spiro atoms. The van der Waals surface area contributed by atoms with E-state index in [9.17, 15) is 0 Å². The highest BCUT2D eigenvalue weighted by Gasteiger charge is 2.40. The molecule has 1 aliphatic rings. The fourth-order valence-electron chi connectivity index (χ4n) is 3.16. The summed E-state index contributed by atoms with van der Waals surface area (Å²) < 4.78 is 1.27. The lowest BCUT2D eigenvalue weighted by atomic mass is 9.87. The third-order valence-corrected chi connectivity index (χ3v) is 5.01. The van der Waals surface area contributed by atoms with E-state index in [2.05, 4.69) is 32.0 Å². The van der Waals surface area contributed by atoms with Gasteiger partial charge >= 0.3 is 0 Å². The van der Waals surface area contributed by atoms with E-state index in [-0.39, 0.29) is 5.54 Å². The van der Waals surface area contributed by atoms with Crippen LogP contribution in [0.1, 0.15) is 38.1 Å². The molecular weight excluding hydrogens is 240 g/mol. The average Bonchev–Trinajstić information content (AvgIpc) is 2.78. The molecule has 3 heteroatoms. The molecule has 0 amide bonds. The second-order valence-electron chi connectivity index (χ2n) is 6.46. The maximum Gasteiger partial charge on any atom is 0.0956 e. The highest BCUT2D eigenvalue weighted by atomic mass is 32.1.